The van der Waals surface area contributed by atoms with E-state index in [1.165, 1.54) is 0 Å². The number of hydrogen-bond donors (Lipinski definition) is 1. The molecule has 1 N–H and O–H groups in total. The molecule has 0 amide bonds. The Hall–Kier alpha value is -1.09. The van der Waals surface area contributed by atoms with E-state index in [4.69, 9.17) is 5.11 Å². The average molecular weight is 269 g/mol. The molecule has 0 unspecified atom stereocenters. The van der Waals surface area contributed by atoms with Gasteiger partial charge in [-0.1, -0.05) is 19.6 Å². The molecule has 0 heterocycles. The monoisotopic (exact) mass is 268 g/mol. The third kappa shape index (κ3) is 2.29. The summed E-state index contributed by atoms with van der Waals surface area (Å²) >= 11 is 3.31. The van der Waals surface area contributed by atoms with Gasteiger partial charge in [0.25, 0.3) is 0 Å². The Kier molecular flexibility index (Phi) is 3.69. The van der Waals surface area contributed by atoms with Crippen LogP contribution in [0.25, 0.3) is 5.57 Å². The lowest BCUT2D eigenvalue weighted by Gasteiger charge is -2.11. The summed E-state index contributed by atoms with van der Waals surface area (Å²) in [6.45, 7) is 7.88. The molecule has 1 aromatic rings. The van der Waals surface area contributed by atoms with Gasteiger partial charge in [-0.25, -0.2) is 4.79 Å². The van der Waals surface area contributed by atoms with Crippen molar-refractivity contribution in [3.05, 3.63) is 39.9 Å². The van der Waals surface area contributed by atoms with E-state index in [1.807, 2.05) is 19.9 Å². The van der Waals surface area contributed by atoms with Crippen LogP contribution in [0, 0.1) is 6.92 Å². The molecular weight excluding hydrogens is 256 g/mol. The van der Waals surface area contributed by atoms with Crippen molar-refractivity contribution in [2.45, 2.75) is 20.3 Å². The number of hydrogen-bond acceptors (Lipinski definition) is 1. The number of carboxylic acids is 1. The Morgan fingerprint density at radius 3 is 2.47 bits per heavy atom. The van der Waals surface area contributed by atoms with Gasteiger partial charge in [-0.2, -0.15) is 0 Å². The number of aromatic carboxylic acids is 1. The summed E-state index contributed by atoms with van der Waals surface area (Å²) in [4.78, 5) is 10.9. The molecule has 3 heteroatoms. The summed E-state index contributed by atoms with van der Waals surface area (Å²) < 4.78 is 0.641. The third-order valence-electron chi connectivity index (χ3n) is 2.42. The summed E-state index contributed by atoms with van der Waals surface area (Å²) in [6.07, 6.45) is 0.861. The fourth-order valence-electron chi connectivity index (χ4n) is 1.42. The van der Waals surface area contributed by atoms with Crippen molar-refractivity contribution in [2.24, 2.45) is 0 Å². The molecule has 0 spiro atoms. The summed E-state index contributed by atoms with van der Waals surface area (Å²) in [5.41, 5.74) is 3.27. The van der Waals surface area contributed by atoms with E-state index in [0.29, 0.717) is 10.0 Å². The highest BCUT2D eigenvalue weighted by atomic mass is 79.9. The van der Waals surface area contributed by atoms with Gasteiger partial charge in [0, 0.05) is 4.47 Å². The molecule has 1 aromatic carbocycles. The van der Waals surface area contributed by atoms with Crippen molar-refractivity contribution in [1.82, 2.24) is 0 Å². The normalized spacial score (nSPS) is 10.1. The maximum absolute atomic E-state index is 10.9. The summed E-state index contributed by atoms with van der Waals surface area (Å²) in [7, 11) is 0. The van der Waals surface area contributed by atoms with Gasteiger partial charge in [0.1, 0.15) is 0 Å². The van der Waals surface area contributed by atoms with E-state index in [2.05, 4.69) is 22.5 Å². The molecule has 0 fully saturated rings. The van der Waals surface area contributed by atoms with Crippen molar-refractivity contribution in [1.29, 1.82) is 0 Å². The first-order valence-corrected chi connectivity index (χ1v) is 5.48. The quantitative estimate of drug-likeness (QED) is 0.904. The Morgan fingerprint density at radius 1 is 1.47 bits per heavy atom. The van der Waals surface area contributed by atoms with E-state index in [-0.39, 0.29) is 0 Å². The Bertz CT molecular complexity index is 422. The van der Waals surface area contributed by atoms with Crippen LogP contribution in [0.2, 0.25) is 0 Å². The van der Waals surface area contributed by atoms with Crippen LogP contribution >= 0.6 is 15.9 Å². The highest BCUT2D eigenvalue weighted by Gasteiger charge is 2.13. The minimum atomic E-state index is -0.918. The molecule has 0 aliphatic carbocycles. The molecule has 0 aliphatic heterocycles. The number of benzene rings is 1. The lowest BCUT2D eigenvalue weighted by molar-refractivity contribution is 0.0696. The standard InChI is InChI=1S/C12H13BrO2/c1-4-7(2)9-5-6-10(12(14)15)11(13)8(9)3/h5-6H,2,4H2,1,3H3,(H,14,15). The number of carbonyl (C=O) groups is 1. The van der Waals surface area contributed by atoms with Crippen LogP contribution in [0.15, 0.2) is 23.2 Å². The zero-order valence-electron chi connectivity index (χ0n) is 8.80. The van der Waals surface area contributed by atoms with Gasteiger partial charge < -0.3 is 5.11 Å². The van der Waals surface area contributed by atoms with Crippen LogP contribution in [-0.2, 0) is 0 Å². The van der Waals surface area contributed by atoms with Gasteiger partial charge in [-0.15, -0.1) is 0 Å². The molecule has 0 saturated heterocycles. The van der Waals surface area contributed by atoms with Crippen LogP contribution in [0.4, 0.5) is 0 Å². The van der Waals surface area contributed by atoms with Crippen LogP contribution < -0.4 is 0 Å². The second-order valence-electron chi connectivity index (χ2n) is 3.36. The minimum Gasteiger partial charge on any atom is -0.478 e. The SMILES string of the molecule is C=C(CC)c1ccc(C(=O)O)c(Br)c1C. The molecule has 0 bridgehead atoms. The van der Waals surface area contributed by atoms with Crippen LogP contribution in [0.3, 0.4) is 0 Å². The molecule has 0 atom stereocenters. The average Bonchev–Trinajstić information content (AvgIpc) is 2.20. The Labute approximate surface area is 97.8 Å². The van der Waals surface area contributed by atoms with E-state index in [9.17, 15) is 4.79 Å². The summed E-state index contributed by atoms with van der Waals surface area (Å²) in [5.74, 6) is -0.918. The van der Waals surface area contributed by atoms with E-state index in [0.717, 1.165) is 23.1 Å². The molecule has 0 aliphatic rings. The fraction of sp³-hybridized carbons (Fsp3) is 0.250. The molecular formula is C12H13BrO2. The molecule has 1 rings (SSSR count). The Balaban J connectivity index is 3.33. The number of allylic oxidation sites excluding steroid dienone is 1. The fourth-order valence-corrected chi connectivity index (χ4v) is 1.94. The van der Waals surface area contributed by atoms with Crippen LogP contribution in [0.1, 0.15) is 34.8 Å². The third-order valence-corrected chi connectivity index (χ3v) is 3.45. The lowest BCUT2D eigenvalue weighted by Crippen LogP contribution is -2.00. The van der Waals surface area contributed by atoms with Gasteiger partial charge in [0.2, 0.25) is 0 Å². The molecule has 2 nitrogen and oxygen atoms in total. The van der Waals surface area contributed by atoms with Crippen molar-refractivity contribution in [3.8, 4) is 0 Å². The predicted molar refractivity (Wildman–Crippen MR) is 65.2 cm³/mol. The molecule has 15 heavy (non-hydrogen) atoms. The van der Waals surface area contributed by atoms with E-state index < -0.39 is 5.97 Å². The van der Waals surface area contributed by atoms with E-state index in [1.54, 1.807) is 6.07 Å². The zero-order valence-corrected chi connectivity index (χ0v) is 10.4. The largest absolute Gasteiger partial charge is 0.478 e. The summed E-state index contributed by atoms with van der Waals surface area (Å²) in [6, 6.07) is 3.42. The Morgan fingerprint density at radius 2 is 2.00 bits per heavy atom. The van der Waals surface area contributed by atoms with Gasteiger partial charge in [-0.05, 0) is 52.0 Å². The molecule has 0 aromatic heterocycles. The van der Waals surface area contributed by atoms with Crippen molar-refractivity contribution in [2.75, 3.05) is 0 Å². The maximum atomic E-state index is 10.9. The highest BCUT2D eigenvalue weighted by Crippen LogP contribution is 2.29. The number of halogens is 1. The van der Waals surface area contributed by atoms with Crippen molar-refractivity contribution in [3.63, 3.8) is 0 Å². The minimum absolute atomic E-state index is 0.292. The van der Waals surface area contributed by atoms with Gasteiger partial charge in [0.15, 0.2) is 0 Å². The smallest absolute Gasteiger partial charge is 0.336 e. The van der Waals surface area contributed by atoms with Gasteiger partial charge in [0.05, 0.1) is 5.56 Å². The number of carboxylic acid groups (broad SMARTS) is 1. The van der Waals surface area contributed by atoms with Crippen molar-refractivity contribution >= 4 is 27.5 Å². The first-order valence-electron chi connectivity index (χ1n) is 4.69. The summed E-state index contributed by atoms with van der Waals surface area (Å²) in [5, 5.41) is 8.92. The van der Waals surface area contributed by atoms with Gasteiger partial charge in [-0.3, -0.25) is 0 Å². The van der Waals surface area contributed by atoms with Crippen LogP contribution in [0.5, 0.6) is 0 Å². The lowest BCUT2D eigenvalue weighted by atomic mass is 9.98. The van der Waals surface area contributed by atoms with Gasteiger partial charge >= 0.3 is 5.97 Å². The number of rotatable bonds is 3. The first-order chi connectivity index (χ1) is 6.99. The second kappa shape index (κ2) is 4.62. The van der Waals surface area contributed by atoms with Crippen molar-refractivity contribution < 1.29 is 9.90 Å². The zero-order chi connectivity index (χ0) is 11.6. The molecule has 0 radical (unpaired) electrons. The molecule has 0 saturated carbocycles. The van der Waals surface area contributed by atoms with E-state index >= 15 is 0 Å². The highest BCUT2D eigenvalue weighted by molar-refractivity contribution is 9.10. The topological polar surface area (TPSA) is 37.3 Å². The first kappa shape index (κ1) is 12.0. The van der Waals surface area contributed by atoms with Crippen LogP contribution in [-0.4, -0.2) is 11.1 Å². The predicted octanol–water partition coefficient (Wildman–Crippen LogP) is 3.88. The molecule has 80 valence electrons. The maximum Gasteiger partial charge on any atom is 0.336 e. The second-order valence-corrected chi connectivity index (χ2v) is 4.15.